The molecule has 2 heterocycles. The molecule has 0 fully saturated rings. The molecule has 2 aromatic carbocycles. The number of nitrogens with zero attached hydrogens (tertiary/aromatic N) is 1. The van der Waals surface area contributed by atoms with Gasteiger partial charge in [-0.1, -0.05) is 30.3 Å². The van der Waals surface area contributed by atoms with Gasteiger partial charge in [-0.05, 0) is 48.4 Å². The molecule has 1 atom stereocenters. The molecule has 1 aliphatic heterocycles. The van der Waals surface area contributed by atoms with Crippen LogP contribution in [0.25, 0.3) is 0 Å². The Labute approximate surface area is 185 Å². The molecule has 0 saturated heterocycles. The maximum atomic E-state index is 13.1. The second kappa shape index (κ2) is 8.93. The summed E-state index contributed by atoms with van der Waals surface area (Å²) in [7, 11) is 0. The number of nitrogens with one attached hydrogen (secondary N) is 1. The zero-order valence-electron chi connectivity index (χ0n) is 17.4. The maximum Gasteiger partial charge on any atom is 0.294 e. The Hall–Kier alpha value is -4.13. The van der Waals surface area contributed by atoms with Crippen LogP contribution < -0.4 is 10.2 Å². The van der Waals surface area contributed by atoms with Crippen molar-refractivity contribution < 1.29 is 23.9 Å². The van der Waals surface area contributed by atoms with E-state index in [1.165, 1.54) is 18.1 Å². The van der Waals surface area contributed by atoms with Crippen molar-refractivity contribution in [2.45, 2.75) is 25.8 Å². The summed E-state index contributed by atoms with van der Waals surface area (Å²) in [6, 6.07) is 18.6. The molecule has 162 valence electrons. The van der Waals surface area contributed by atoms with Gasteiger partial charge in [0.2, 0.25) is 5.91 Å². The summed E-state index contributed by atoms with van der Waals surface area (Å²) in [6.45, 7) is 1.40. The Bertz CT molecular complexity index is 1160. The summed E-state index contributed by atoms with van der Waals surface area (Å²) >= 11 is 0. The fourth-order valence-corrected chi connectivity index (χ4v) is 3.82. The highest BCUT2D eigenvalue weighted by molar-refractivity contribution is 6.16. The van der Waals surface area contributed by atoms with Crippen molar-refractivity contribution in [1.29, 1.82) is 0 Å². The monoisotopic (exact) mass is 430 g/mol. The molecule has 3 aromatic rings. The molecule has 32 heavy (non-hydrogen) atoms. The highest BCUT2D eigenvalue weighted by atomic mass is 16.3. The van der Waals surface area contributed by atoms with Gasteiger partial charge >= 0.3 is 0 Å². The number of ketones is 1. The van der Waals surface area contributed by atoms with Gasteiger partial charge < -0.3 is 14.8 Å². The molecule has 7 nitrogen and oxygen atoms in total. The number of rotatable bonds is 7. The molecule has 1 unspecified atom stereocenters. The number of benzene rings is 2. The Morgan fingerprint density at radius 1 is 1.03 bits per heavy atom. The van der Waals surface area contributed by atoms with Crippen LogP contribution in [0.15, 0.2) is 88.7 Å². The van der Waals surface area contributed by atoms with Gasteiger partial charge in [0.25, 0.3) is 5.91 Å². The van der Waals surface area contributed by atoms with Gasteiger partial charge in [0.15, 0.2) is 11.5 Å². The molecule has 0 saturated carbocycles. The van der Waals surface area contributed by atoms with Gasteiger partial charge in [0.1, 0.15) is 11.8 Å². The van der Waals surface area contributed by atoms with Gasteiger partial charge in [-0.25, -0.2) is 0 Å². The largest absolute Gasteiger partial charge is 0.503 e. The Morgan fingerprint density at radius 2 is 1.75 bits per heavy atom. The van der Waals surface area contributed by atoms with Crippen LogP contribution in [0.4, 0.5) is 11.4 Å². The molecular formula is C25H22N2O5. The minimum absolute atomic E-state index is 0.0202. The summed E-state index contributed by atoms with van der Waals surface area (Å²) in [6.07, 6.45) is 2.09. The predicted molar refractivity (Wildman–Crippen MR) is 119 cm³/mol. The van der Waals surface area contributed by atoms with E-state index in [-0.39, 0.29) is 23.7 Å². The lowest BCUT2D eigenvalue weighted by Gasteiger charge is -2.25. The third-order valence-corrected chi connectivity index (χ3v) is 5.27. The second-order valence-corrected chi connectivity index (χ2v) is 7.49. The summed E-state index contributed by atoms with van der Waals surface area (Å²) in [5.41, 5.74) is 2.04. The summed E-state index contributed by atoms with van der Waals surface area (Å²) in [5, 5.41) is 13.3. The van der Waals surface area contributed by atoms with Gasteiger partial charge in [-0.3, -0.25) is 19.3 Å². The van der Waals surface area contributed by atoms with Crippen molar-refractivity contribution >= 4 is 29.0 Å². The SMILES string of the molecule is CC(=O)Nc1ccc(N2C(=O)C(O)=C(C(=O)CCc3ccccc3)C2c2ccco2)cc1. The first-order valence-corrected chi connectivity index (χ1v) is 10.2. The Kier molecular flexibility index (Phi) is 5.89. The van der Waals surface area contributed by atoms with E-state index in [9.17, 15) is 19.5 Å². The maximum absolute atomic E-state index is 13.1. The van der Waals surface area contributed by atoms with Gasteiger partial charge in [0, 0.05) is 24.7 Å². The first-order chi connectivity index (χ1) is 15.5. The average Bonchev–Trinajstić information content (AvgIpc) is 3.40. The summed E-state index contributed by atoms with van der Waals surface area (Å²) < 4.78 is 5.54. The van der Waals surface area contributed by atoms with Crippen LogP contribution >= 0.6 is 0 Å². The number of aliphatic hydroxyl groups is 1. The third-order valence-electron chi connectivity index (χ3n) is 5.27. The first kappa shape index (κ1) is 21.1. The molecular weight excluding hydrogens is 408 g/mol. The van der Waals surface area contributed by atoms with Crippen molar-refractivity contribution in [1.82, 2.24) is 0 Å². The summed E-state index contributed by atoms with van der Waals surface area (Å²) in [5.74, 6) is -1.42. The second-order valence-electron chi connectivity index (χ2n) is 7.49. The van der Waals surface area contributed by atoms with Gasteiger partial charge in [-0.15, -0.1) is 0 Å². The lowest BCUT2D eigenvalue weighted by atomic mass is 9.96. The van der Waals surface area contributed by atoms with Crippen molar-refractivity contribution in [3.8, 4) is 0 Å². The number of furan rings is 1. The molecule has 2 N–H and O–H groups in total. The summed E-state index contributed by atoms with van der Waals surface area (Å²) in [4.78, 5) is 38.8. The molecule has 2 amide bonds. The van der Waals surface area contributed by atoms with E-state index in [2.05, 4.69) is 5.32 Å². The molecule has 0 aliphatic carbocycles. The van der Waals surface area contributed by atoms with Gasteiger partial charge in [-0.2, -0.15) is 0 Å². The Morgan fingerprint density at radius 3 is 2.38 bits per heavy atom. The van der Waals surface area contributed by atoms with Crippen LogP contribution in [0.5, 0.6) is 0 Å². The number of hydrogen-bond acceptors (Lipinski definition) is 5. The third kappa shape index (κ3) is 4.18. The number of Topliss-reactive ketones (excluding diaryl/α,β-unsaturated/α-hetero) is 1. The minimum Gasteiger partial charge on any atom is -0.503 e. The van der Waals surface area contributed by atoms with Crippen LogP contribution in [0, 0.1) is 0 Å². The van der Waals surface area contributed by atoms with Crippen LogP contribution in [-0.4, -0.2) is 22.7 Å². The van der Waals surface area contributed by atoms with E-state index in [1.807, 2.05) is 30.3 Å². The molecule has 7 heteroatoms. The normalized spacial score (nSPS) is 15.8. The minimum atomic E-state index is -0.882. The van der Waals surface area contributed by atoms with E-state index < -0.39 is 17.7 Å². The standard InChI is InChI=1S/C25H22N2O5/c1-16(28)26-18-10-12-19(13-11-18)27-23(21-8-5-15-32-21)22(24(30)25(27)31)20(29)14-9-17-6-3-2-4-7-17/h2-8,10-13,15,23,30H,9,14H2,1H3,(H,26,28). The molecule has 0 radical (unpaired) electrons. The number of amides is 2. The van der Waals surface area contributed by atoms with Crippen molar-refractivity contribution in [3.05, 3.63) is 95.6 Å². The number of aryl methyl sites for hydroxylation is 1. The quantitative estimate of drug-likeness (QED) is 0.581. The fraction of sp³-hybridized carbons (Fsp3) is 0.160. The van der Waals surface area contributed by atoms with Crippen LogP contribution in [0.3, 0.4) is 0 Å². The van der Waals surface area contributed by atoms with Crippen LogP contribution in [0.2, 0.25) is 0 Å². The van der Waals surface area contributed by atoms with Crippen molar-refractivity contribution in [2.24, 2.45) is 0 Å². The fourth-order valence-electron chi connectivity index (χ4n) is 3.82. The van der Waals surface area contributed by atoms with Crippen LogP contribution in [-0.2, 0) is 20.8 Å². The van der Waals surface area contributed by atoms with Crippen LogP contribution in [0.1, 0.15) is 30.7 Å². The lowest BCUT2D eigenvalue weighted by Crippen LogP contribution is -2.30. The van der Waals surface area contributed by atoms with E-state index >= 15 is 0 Å². The number of hydrogen-bond donors (Lipinski definition) is 2. The zero-order valence-corrected chi connectivity index (χ0v) is 17.4. The van der Waals surface area contributed by atoms with Gasteiger partial charge in [0.05, 0.1) is 11.8 Å². The predicted octanol–water partition coefficient (Wildman–Crippen LogP) is 4.34. The number of anilines is 2. The van der Waals surface area contributed by atoms with E-state index in [4.69, 9.17) is 4.42 Å². The number of carbonyl (C=O) groups excluding carboxylic acids is 3. The first-order valence-electron chi connectivity index (χ1n) is 10.2. The molecule has 1 aliphatic rings. The zero-order chi connectivity index (χ0) is 22.7. The van der Waals surface area contributed by atoms with E-state index in [0.29, 0.717) is 23.6 Å². The number of aliphatic hydroxyl groups excluding tert-OH is 1. The highest BCUT2D eigenvalue weighted by Gasteiger charge is 2.45. The van der Waals surface area contributed by atoms with Crippen molar-refractivity contribution in [2.75, 3.05) is 10.2 Å². The molecule has 0 bridgehead atoms. The van der Waals surface area contributed by atoms with Crippen molar-refractivity contribution in [3.63, 3.8) is 0 Å². The Balaban J connectivity index is 1.65. The number of carbonyl (C=O) groups is 3. The molecule has 1 aromatic heterocycles. The average molecular weight is 430 g/mol. The molecule has 4 rings (SSSR count). The van der Waals surface area contributed by atoms with E-state index in [0.717, 1.165) is 5.56 Å². The molecule has 0 spiro atoms. The topological polar surface area (TPSA) is 99.9 Å². The smallest absolute Gasteiger partial charge is 0.294 e. The van der Waals surface area contributed by atoms with E-state index in [1.54, 1.807) is 36.4 Å². The lowest BCUT2D eigenvalue weighted by molar-refractivity contribution is -0.118. The highest BCUT2D eigenvalue weighted by Crippen LogP contribution is 2.41.